The van der Waals surface area contributed by atoms with Crippen molar-refractivity contribution in [3.05, 3.63) is 47.0 Å². The fraction of sp³-hybridized carbons (Fsp3) is 0.526. The molecule has 0 radical (unpaired) electrons. The largest absolute Gasteiger partial charge is 0.461 e. The summed E-state index contributed by atoms with van der Waals surface area (Å²) in [6.45, 7) is 10.5. The van der Waals surface area contributed by atoms with Crippen LogP contribution in [-0.4, -0.2) is 12.6 Å². The number of benzene rings is 1. The van der Waals surface area contributed by atoms with Gasteiger partial charge in [0.1, 0.15) is 6.61 Å². The van der Waals surface area contributed by atoms with Crippen LogP contribution in [0.3, 0.4) is 0 Å². The van der Waals surface area contributed by atoms with Gasteiger partial charge in [-0.15, -0.1) is 0 Å². The van der Waals surface area contributed by atoms with E-state index in [-0.39, 0.29) is 11.9 Å². The predicted octanol–water partition coefficient (Wildman–Crippen LogP) is 5.02. The van der Waals surface area contributed by atoms with E-state index in [4.69, 9.17) is 4.74 Å². The molecular formula is C19H28O2. The molecule has 0 saturated heterocycles. The molecule has 0 aromatic heterocycles. The fourth-order valence-electron chi connectivity index (χ4n) is 2.05. The Balaban J connectivity index is 2.35. The van der Waals surface area contributed by atoms with Crippen molar-refractivity contribution in [1.29, 1.82) is 0 Å². The summed E-state index contributed by atoms with van der Waals surface area (Å²) in [4.78, 5) is 11.4. The van der Waals surface area contributed by atoms with Crippen LogP contribution in [0.2, 0.25) is 0 Å². The van der Waals surface area contributed by atoms with Crippen molar-refractivity contribution in [3.8, 4) is 0 Å². The molecule has 0 heterocycles. The second kappa shape index (κ2) is 8.66. The van der Waals surface area contributed by atoms with Gasteiger partial charge in [0.15, 0.2) is 0 Å². The van der Waals surface area contributed by atoms with Crippen LogP contribution in [0.25, 0.3) is 0 Å². The van der Waals surface area contributed by atoms with Gasteiger partial charge in [-0.2, -0.15) is 0 Å². The zero-order valence-electron chi connectivity index (χ0n) is 14.0. The molecule has 1 atom stereocenters. The van der Waals surface area contributed by atoms with E-state index >= 15 is 0 Å². The van der Waals surface area contributed by atoms with Crippen molar-refractivity contribution in [3.63, 3.8) is 0 Å². The lowest BCUT2D eigenvalue weighted by Gasteiger charge is -2.11. The molecule has 2 nitrogen and oxygen atoms in total. The van der Waals surface area contributed by atoms with E-state index in [1.807, 2.05) is 20.8 Å². The van der Waals surface area contributed by atoms with Crippen LogP contribution in [0, 0.1) is 12.8 Å². The van der Waals surface area contributed by atoms with E-state index < -0.39 is 0 Å². The summed E-state index contributed by atoms with van der Waals surface area (Å²) < 4.78 is 5.21. The molecule has 0 aliphatic heterocycles. The monoisotopic (exact) mass is 288 g/mol. The number of aryl methyl sites for hydroxylation is 1. The maximum Gasteiger partial charge on any atom is 0.308 e. The molecule has 0 aliphatic rings. The first kappa shape index (κ1) is 17.5. The third-order valence-electron chi connectivity index (χ3n) is 3.65. The van der Waals surface area contributed by atoms with Crippen LogP contribution in [0.15, 0.2) is 35.9 Å². The molecule has 1 unspecified atom stereocenters. The minimum atomic E-state index is -0.129. The zero-order valence-corrected chi connectivity index (χ0v) is 14.0. The average Bonchev–Trinajstić information content (AvgIpc) is 2.45. The second-order valence-corrected chi connectivity index (χ2v) is 6.20. The normalized spacial score (nSPS) is 13.3. The first-order chi connectivity index (χ1) is 9.90. The molecule has 0 aliphatic carbocycles. The Labute approximate surface area is 129 Å². The lowest BCUT2D eigenvalue weighted by atomic mass is 9.95. The van der Waals surface area contributed by atoms with Gasteiger partial charge >= 0.3 is 5.97 Å². The Kier molecular flexibility index (Phi) is 7.21. The molecule has 0 saturated carbocycles. The van der Waals surface area contributed by atoms with Gasteiger partial charge in [0.25, 0.3) is 0 Å². The number of esters is 1. The van der Waals surface area contributed by atoms with Crippen LogP contribution in [0.1, 0.15) is 57.6 Å². The summed E-state index contributed by atoms with van der Waals surface area (Å²) in [6.07, 6.45) is 4.30. The smallest absolute Gasteiger partial charge is 0.308 e. The summed E-state index contributed by atoms with van der Waals surface area (Å²) in [5.41, 5.74) is 3.81. The minimum Gasteiger partial charge on any atom is -0.461 e. The Morgan fingerprint density at radius 3 is 2.38 bits per heavy atom. The summed E-state index contributed by atoms with van der Waals surface area (Å²) >= 11 is 0. The standard InChI is InChI=1S/C19H28O2/c1-14(2)19(20)21-13-16(4)7-6-8-17(5)18-11-9-15(3)10-12-18/h7,9-12,14,17H,6,8,13H2,1-5H3/b16-7-. The number of rotatable bonds is 7. The van der Waals surface area contributed by atoms with E-state index in [1.165, 1.54) is 11.1 Å². The van der Waals surface area contributed by atoms with Crippen LogP contribution >= 0.6 is 0 Å². The van der Waals surface area contributed by atoms with Gasteiger partial charge in [0.05, 0.1) is 5.92 Å². The number of carbonyl (C=O) groups excluding carboxylic acids is 1. The van der Waals surface area contributed by atoms with Gasteiger partial charge in [0.2, 0.25) is 0 Å². The van der Waals surface area contributed by atoms with Crippen molar-refractivity contribution in [1.82, 2.24) is 0 Å². The summed E-state index contributed by atoms with van der Waals surface area (Å²) in [7, 11) is 0. The molecule has 2 heteroatoms. The zero-order chi connectivity index (χ0) is 15.8. The van der Waals surface area contributed by atoms with Gasteiger partial charge in [-0.05, 0) is 43.7 Å². The number of carbonyl (C=O) groups is 1. The maximum atomic E-state index is 11.4. The van der Waals surface area contributed by atoms with Gasteiger partial charge < -0.3 is 4.74 Å². The first-order valence-electron chi connectivity index (χ1n) is 7.79. The van der Waals surface area contributed by atoms with E-state index in [9.17, 15) is 4.79 Å². The third-order valence-corrected chi connectivity index (χ3v) is 3.65. The molecule has 1 rings (SSSR count). The van der Waals surface area contributed by atoms with Crippen LogP contribution < -0.4 is 0 Å². The van der Waals surface area contributed by atoms with Crippen molar-refractivity contribution < 1.29 is 9.53 Å². The van der Waals surface area contributed by atoms with Crippen molar-refractivity contribution >= 4 is 5.97 Å². The molecule has 116 valence electrons. The van der Waals surface area contributed by atoms with Crippen molar-refractivity contribution in [2.45, 2.75) is 53.4 Å². The molecule has 0 fully saturated rings. The Hall–Kier alpha value is -1.57. The third kappa shape index (κ3) is 6.61. The number of ether oxygens (including phenoxy) is 1. The first-order valence-corrected chi connectivity index (χ1v) is 7.79. The fourth-order valence-corrected chi connectivity index (χ4v) is 2.05. The topological polar surface area (TPSA) is 26.3 Å². The highest BCUT2D eigenvalue weighted by molar-refractivity contribution is 5.71. The molecule has 1 aromatic carbocycles. The summed E-state index contributed by atoms with van der Waals surface area (Å²) in [5.74, 6) is 0.364. The molecular weight excluding hydrogens is 260 g/mol. The Morgan fingerprint density at radius 1 is 1.19 bits per heavy atom. The highest BCUT2D eigenvalue weighted by Gasteiger charge is 2.08. The van der Waals surface area contributed by atoms with Crippen molar-refractivity contribution in [2.24, 2.45) is 5.92 Å². The van der Waals surface area contributed by atoms with Crippen LogP contribution in [0.5, 0.6) is 0 Å². The molecule has 0 amide bonds. The number of hydrogen-bond donors (Lipinski definition) is 0. The molecule has 21 heavy (non-hydrogen) atoms. The molecule has 0 N–H and O–H groups in total. The van der Waals surface area contributed by atoms with Gasteiger partial charge in [0, 0.05) is 0 Å². The quantitative estimate of drug-likeness (QED) is 0.520. The second-order valence-electron chi connectivity index (χ2n) is 6.20. The lowest BCUT2D eigenvalue weighted by molar-refractivity contribution is -0.146. The van der Waals surface area contributed by atoms with E-state index in [2.05, 4.69) is 44.2 Å². The maximum absolute atomic E-state index is 11.4. The molecule has 0 spiro atoms. The van der Waals surface area contributed by atoms with E-state index in [0.717, 1.165) is 18.4 Å². The predicted molar refractivity (Wildman–Crippen MR) is 88.4 cm³/mol. The lowest BCUT2D eigenvalue weighted by Crippen LogP contribution is -2.12. The van der Waals surface area contributed by atoms with E-state index in [1.54, 1.807) is 0 Å². The van der Waals surface area contributed by atoms with Crippen molar-refractivity contribution in [2.75, 3.05) is 6.61 Å². The number of hydrogen-bond acceptors (Lipinski definition) is 2. The summed E-state index contributed by atoms with van der Waals surface area (Å²) in [6, 6.07) is 8.75. The van der Waals surface area contributed by atoms with Gasteiger partial charge in [-0.25, -0.2) is 0 Å². The highest BCUT2D eigenvalue weighted by Crippen LogP contribution is 2.21. The van der Waals surface area contributed by atoms with Crippen LogP contribution in [-0.2, 0) is 9.53 Å². The van der Waals surface area contributed by atoms with Crippen LogP contribution in [0.4, 0.5) is 0 Å². The molecule has 1 aromatic rings. The van der Waals surface area contributed by atoms with E-state index in [0.29, 0.717) is 12.5 Å². The summed E-state index contributed by atoms with van der Waals surface area (Å²) in [5, 5.41) is 0. The Bertz CT molecular complexity index is 469. The average molecular weight is 288 g/mol. The minimum absolute atomic E-state index is 0.0561. The molecule has 0 bridgehead atoms. The Morgan fingerprint density at radius 2 is 1.81 bits per heavy atom. The van der Waals surface area contributed by atoms with Gasteiger partial charge in [-0.3, -0.25) is 4.79 Å². The van der Waals surface area contributed by atoms with Gasteiger partial charge in [-0.1, -0.05) is 56.7 Å². The number of allylic oxidation sites excluding steroid dienone is 1. The highest BCUT2D eigenvalue weighted by atomic mass is 16.5. The SMILES string of the molecule is C/C(=C/CCC(C)c1ccc(C)cc1)COC(=O)C(C)C.